The van der Waals surface area contributed by atoms with Crippen LogP contribution < -0.4 is 10.1 Å². The number of nitrogens with zero attached hydrogens (tertiary/aromatic N) is 3. The molecule has 0 aliphatic carbocycles. The minimum Gasteiger partial charge on any atom is -0.493 e. The van der Waals surface area contributed by atoms with Crippen molar-refractivity contribution in [3.05, 3.63) is 51.8 Å². The molecule has 0 fully saturated rings. The van der Waals surface area contributed by atoms with Crippen LogP contribution in [0.2, 0.25) is 0 Å². The lowest BCUT2D eigenvalue weighted by atomic mass is 10.1. The Labute approximate surface area is 122 Å². The third kappa shape index (κ3) is 4.03. The summed E-state index contributed by atoms with van der Waals surface area (Å²) in [6.45, 7) is 1.02. The fourth-order valence-corrected chi connectivity index (χ4v) is 2.03. The van der Waals surface area contributed by atoms with E-state index in [-0.39, 0.29) is 5.69 Å². The third-order valence-corrected chi connectivity index (χ3v) is 3.03. The monoisotopic (exact) mass is 290 g/mol. The molecule has 2 rings (SSSR count). The molecule has 21 heavy (non-hydrogen) atoms. The van der Waals surface area contributed by atoms with E-state index < -0.39 is 4.92 Å². The molecule has 0 amide bonds. The van der Waals surface area contributed by atoms with Gasteiger partial charge in [0.15, 0.2) is 0 Å². The molecule has 112 valence electrons. The van der Waals surface area contributed by atoms with Gasteiger partial charge in [-0.25, -0.2) is 0 Å². The summed E-state index contributed by atoms with van der Waals surface area (Å²) in [4.78, 5) is 10.4. The summed E-state index contributed by atoms with van der Waals surface area (Å²) in [5.74, 6) is 0.666. The van der Waals surface area contributed by atoms with Crippen LogP contribution in [0.5, 0.6) is 5.75 Å². The summed E-state index contributed by atoms with van der Waals surface area (Å²) in [5.41, 5.74) is 1.94. The first-order valence-electron chi connectivity index (χ1n) is 6.62. The van der Waals surface area contributed by atoms with Gasteiger partial charge in [0.25, 0.3) is 5.69 Å². The Kier molecular flexibility index (Phi) is 4.89. The Morgan fingerprint density at radius 1 is 1.48 bits per heavy atom. The van der Waals surface area contributed by atoms with Gasteiger partial charge < -0.3 is 10.1 Å². The maximum Gasteiger partial charge on any atom is 0.270 e. The van der Waals surface area contributed by atoms with Crippen molar-refractivity contribution >= 4 is 5.69 Å². The molecule has 0 aliphatic heterocycles. The summed E-state index contributed by atoms with van der Waals surface area (Å²) >= 11 is 0. The fourth-order valence-electron chi connectivity index (χ4n) is 2.03. The zero-order chi connectivity index (χ0) is 15.2. The van der Waals surface area contributed by atoms with E-state index in [1.165, 1.54) is 12.1 Å². The molecule has 1 heterocycles. The standard InChI is InChI=1S/C14H18N4O3/c1-15-9-12-7-13(18(19)20)3-4-14(12)21-6-5-11-8-16-17(2)10-11/h3-4,7-8,10,15H,5-6,9H2,1-2H3. The molecule has 7 nitrogen and oxygen atoms in total. The minimum atomic E-state index is -0.404. The summed E-state index contributed by atoms with van der Waals surface area (Å²) in [6.07, 6.45) is 4.48. The van der Waals surface area contributed by atoms with E-state index in [2.05, 4.69) is 10.4 Å². The molecule has 0 saturated carbocycles. The average molecular weight is 290 g/mol. The third-order valence-electron chi connectivity index (χ3n) is 3.03. The first-order chi connectivity index (χ1) is 10.1. The molecular weight excluding hydrogens is 272 g/mol. The molecule has 1 aromatic heterocycles. The number of nitrogens with one attached hydrogen (secondary N) is 1. The zero-order valence-electron chi connectivity index (χ0n) is 12.1. The Bertz CT molecular complexity index is 624. The van der Waals surface area contributed by atoms with Crippen LogP contribution >= 0.6 is 0 Å². The normalized spacial score (nSPS) is 10.6. The van der Waals surface area contributed by atoms with E-state index in [0.717, 1.165) is 17.5 Å². The van der Waals surface area contributed by atoms with E-state index >= 15 is 0 Å². The van der Waals surface area contributed by atoms with E-state index in [1.54, 1.807) is 24.0 Å². The lowest BCUT2D eigenvalue weighted by Gasteiger charge is -2.10. The molecule has 0 aliphatic rings. The van der Waals surface area contributed by atoms with Crippen LogP contribution in [-0.4, -0.2) is 28.4 Å². The molecule has 2 aromatic rings. The molecule has 0 unspecified atom stereocenters. The number of aryl methyl sites for hydroxylation is 1. The van der Waals surface area contributed by atoms with Crippen LogP contribution in [0.3, 0.4) is 0 Å². The van der Waals surface area contributed by atoms with Crippen molar-refractivity contribution in [2.24, 2.45) is 7.05 Å². The molecule has 0 bridgehead atoms. The highest BCUT2D eigenvalue weighted by molar-refractivity contribution is 5.43. The quantitative estimate of drug-likeness (QED) is 0.619. The van der Waals surface area contributed by atoms with Crippen molar-refractivity contribution in [1.82, 2.24) is 15.1 Å². The van der Waals surface area contributed by atoms with Gasteiger partial charge in [0.1, 0.15) is 5.75 Å². The van der Waals surface area contributed by atoms with Gasteiger partial charge in [-0.3, -0.25) is 14.8 Å². The molecular formula is C14H18N4O3. The molecule has 7 heteroatoms. The molecule has 0 radical (unpaired) electrons. The lowest BCUT2D eigenvalue weighted by molar-refractivity contribution is -0.384. The van der Waals surface area contributed by atoms with Crippen molar-refractivity contribution in [2.75, 3.05) is 13.7 Å². The highest BCUT2D eigenvalue weighted by Gasteiger charge is 2.11. The highest BCUT2D eigenvalue weighted by Crippen LogP contribution is 2.24. The van der Waals surface area contributed by atoms with Gasteiger partial charge >= 0.3 is 0 Å². The minimum absolute atomic E-state index is 0.0693. The lowest BCUT2D eigenvalue weighted by Crippen LogP contribution is -2.09. The highest BCUT2D eigenvalue weighted by atomic mass is 16.6. The van der Waals surface area contributed by atoms with Gasteiger partial charge in [-0.2, -0.15) is 5.10 Å². The number of aromatic nitrogens is 2. The fraction of sp³-hybridized carbons (Fsp3) is 0.357. The SMILES string of the molecule is CNCc1cc([N+](=O)[O-])ccc1OCCc1cnn(C)c1. The van der Waals surface area contributed by atoms with Crippen molar-refractivity contribution in [3.63, 3.8) is 0 Å². The molecule has 0 saturated heterocycles. The summed E-state index contributed by atoms with van der Waals surface area (Å²) < 4.78 is 7.48. The first kappa shape index (κ1) is 15.0. The summed E-state index contributed by atoms with van der Waals surface area (Å²) in [6, 6.07) is 4.64. The van der Waals surface area contributed by atoms with Crippen molar-refractivity contribution < 1.29 is 9.66 Å². The predicted octanol–water partition coefficient (Wildman–Crippen LogP) is 1.67. The maximum absolute atomic E-state index is 10.8. The number of non-ortho nitro benzene ring substituents is 1. The van der Waals surface area contributed by atoms with Gasteiger partial charge in [0.2, 0.25) is 0 Å². The largest absolute Gasteiger partial charge is 0.493 e. The van der Waals surface area contributed by atoms with Crippen LogP contribution in [0.4, 0.5) is 5.69 Å². The number of hydrogen-bond donors (Lipinski definition) is 1. The van der Waals surface area contributed by atoms with E-state index in [9.17, 15) is 10.1 Å². The van der Waals surface area contributed by atoms with Gasteiger partial charge in [-0.15, -0.1) is 0 Å². The molecule has 0 spiro atoms. The van der Waals surface area contributed by atoms with E-state index in [0.29, 0.717) is 18.9 Å². The van der Waals surface area contributed by atoms with Crippen LogP contribution in [0.15, 0.2) is 30.6 Å². The zero-order valence-corrected chi connectivity index (χ0v) is 12.1. The van der Waals surface area contributed by atoms with Crippen LogP contribution in [-0.2, 0) is 20.0 Å². The van der Waals surface area contributed by atoms with Crippen LogP contribution in [0.1, 0.15) is 11.1 Å². The number of nitro groups is 1. The maximum atomic E-state index is 10.8. The topological polar surface area (TPSA) is 82.2 Å². The Morgan fingerprint density at radius 2 is 2.29 bits per heavy atom. The number of hydrogen-bond acceptors (Lipinski definition) is 5. The Morgan fingerprint density at radius 3 is 2.90 bits per heavy atom. The first-order valence-corrected chi connectivity index (χ1v) is 6.62. The van der Waals surface area contributed by atoms with Gasteiger partial charge in [0, 0.05) is 43.9 Å². The molecule has 1 aromatic carbocycles. The van der Waals surface area contributed by atoms with E-state index in [4.69, 9.17) is 4.74 Å². The Hall–Kier alpha value is -2.41. The second kappa shape index (κ2) is 6.85. The summed E-state index contributed by atoms with van der Waals surface area (Å²) in [7, 11) is 3.66. The smallest absolute Gasteiger partial charge is 0.270 e. The van der Waals surface area contributed by atoms with Gasteiger partial charge in [-0.05, 0) is 18.7 Å². The van der Waals surface area contributed by atoms with E-state index in [1.807, 2.05) is 13.2 Å². The molecule has 0 atom stereocenters. The van der Waals surface area contributed by atoms with Crippen LogP contribution in [0, 0.1) is 10.1 Å². The van der Waals surface area contributed by atoms with Crippen molar-refractivity contribution in [3.8, 4) is 5.75 Å². The number of ether oxygens (including phenoxy) is 1. The predicted molar refractivity (Wildman–Crippen MR) is 78.3 cm³/mol. The average Bonchev–Trinajstić information content (AvgIpc) is 2.86. The number of benzene rings is 1. The number of rotatable bonds is 7. The Balaban J connectivity index is 2.02. The van der Waals surface area contributed by atoms with Gasteiger partial charge in [0.05, 0.1) is 17.7 Å². The van der Waals surface area contributed by atoms with Crippen molar-refractivity contribution in [2.45, 2.75) is 13.0 Å². The van der Waals surface area contributed by atoms with Crippen LogP contribution in [0.25, 0.3) is 0 Å². The van der Waals surface area contributed by atoms with Gasteiger partial charge in [-0.1, -0.05) is 0 Å². The second-order valence-electron chi connectivity index (χ2n) is 4.70. The van der Waals surface area contributed by atoms with Crippen molar-refractivity contribution in [1.29, 1.82) is 0 Å². The molecule has 1 N–H and O–H groups in total. The summed E-state index contributed by atoms with van der Waals surface area (Å²) in [5, 5.41) is 17.9. The number of nitro benzene ring substituents is 1. The second-order valence-corrected chi connectivity index (χ2v) is 4.70.